The highest BCUT2D eigenvalue weighted by Gasteiger charge is 2.10. The molecule has 1 aromatic carbocycles. The molecule has 3 rings (SSSR count). The van der Waals surface area contributed by atoms with Crippen LogP contribution < -0.4 is 5.32 Å². The summed E-state index contributed by atoms with van der Waals surface area (Å²) in [4.78, 5) is 1.33. The van der Waals surface area contributed by atoms with Crippen molar-refractivity contribution in [1.82, 2.24) is 0 Å². The number of aryl methyl sites for hydroxylation is 2. The van der Waals surface area contributed by atoms with Crippen molar-refractivity contribution in [3.63, 3.8) is 0 Å². The molecule has 1 nitrogen and oxygen atoms in total. The Labute approximate surface area is 128 Å². The van der Waals surface area contributed by atoms with E-state index in [0.717, 1.165) is 14.8 Å². The summed E-state index contributed by atoms with van der Waals surface area (Å²) in [6.07, 6.45) is 3.80. The molecule has 2 aromatic rings. The van der Waals surface area contributed by atoms with Gasteiger partial charge in [-0.05, 0) is 80.4 Å². The van der Waals surface area contributed by atoms with Gasteiger partial charge in [0, 0.05) is 21.6 Å². The van der Waals surface area contributed by atoms with E-state index in [9.17, 15) is 0 Å². The molecule has 0 radical (unpaired) electrons. The molecule has 0 spiro atoms. The van der Waals surface area contributed by atoms with Crippen LogP contribution in [0.3, 0.4) is 0 Å². The van der Waals surface area contributed by atoms with Gasteiger partial charge in [-0.25, -0.2) is 0 Å². The van der Waals surface area contributed by atoms with Gasteiger partial charge in [0.2, 0.25) is 0 Å². The number of halogens is 2. The number of hydrogen-bond acceptors (Lipinski definition) is 2. The molecular weight excluding hydrogens is 374 g/mol. The zero-order valence-corrected chi connectivity index (χ0v) is 13.8. The van der Waals surface area contributed by atoms with E-state index in [2.05, 4.69) is 61.4 Å². The van der Waals surface area contributed by atoms with Gasteiger partial charge >= 0.3 is 0 Å². The summed E-state index contributed by atoms with van der Waals surface area (Å²) in [7, 11) is 0. The number of benzene rings is 1. The second kappa shape index (κ2) is 5.35. The standard InChI is InChI=1S/C14H13Br2NS/c15-13-7-12(18-14(13)16)8-17-11-5-4-9-2-1-3-10(9)6-11/h4-7,17H,1-3,8H2. The molecule has 0 saturated heterocycles. The van der Waals surface area contributed by atoms with E-state index >= 15 is 0 Å². The molecule has 0 bridgehead atoms. The third-order valence-electron chi connectivity index (χ3n) is 3.26. The lowest BCUT2D eigenvalue weighted by Crippen LogP contribution is -1.98. The molecule has 0 fully saturated rings. The first-order chi connectivity index (χ1) is 8.72. The first-order valence-electron chi connectivity index (χ1n) is 6.02. The van der Waals surface area contributed by atoms with Crippen molar-refractivity contribution in [3.8, 4) is 0 Å². The Kier molecular flexibility index (Phi) is 3.78. The van der Waals surface area contributed by atoms with Crippen LogP contribution in [0.15, 0.2) is 32.5 Å². The van der Waals surface area contributed by atoms with Crippen molar-refractivity contribution < 1.29 is 0 Å². The van der Waals surface area contributed by atoms with Gasteiger partial charge in [0.05, 0.1) is 3.79 Å². The number of anilines is 1. The lowest BCUT2D eigenvalue weighted by atomic mass is 10.1. The number of nitrogens with one attached hydrogen (secondary N) is 1. The molecule has 4 heteroatoms. The molecule has 0 unspecified atom stereocenters. The van der Waals surface area contributed by atoms with Crippen LogP contribution >= 0.6 is 43.2 Å². The quantitative estimate of drug-likeness (QED) is 0.747. The van der Waals surface area contributed by atoms with E-state index < -0.39 is 0 Å². The van der Waals surface area contributed by atoms with Crippen molar-refractivity contribution in [3.05, 3.63) is 48.5 Å². The van der Waals surface area contributed by atoms with E-state index in [1.165, 1.54) is 41.0 Å². The van der Waals surface area contributed by atoms with Crippen molar-refractivity contribution >= 4 is 48.9 Å². The highest BCUT2D eigenvalue weighted by Crippen LogP contribution is 2.33. The molecule has 0 atom stereocenters. The van der Waals surface area contributed by atoms with Crippen molar-refractivity contribution in [2.75, 3.05) is 5.32 Å². The van der Waals surface area contributed by atoms with E-state index in [-0.39, 0.29) is 0 Å². The number of thiophene rings is 1. The van der Waals surface area contributed by atoms with Gasteiger partial charge in [-0.1, -0.05) is 6.07 Å². The smallest absolute Gasteiger partial charge is 0.0843 e. The molecule has 18 heavy (non-hydrogen) atoms. The number of hydrogen-bond donors (Lipinski definition) is 1. The van der Waals surface area contributed by atoms with Crippen molar-refractivity contribution in [2.45, 2.75) is 25.8 Å². The lowest BCUT2D eigenvalue weighted by Gasteiger charge is -2.07. The van der Waals surface area contributed by atoms with Crippen LogP contribution in [0.4, 0.5) is 5.69 Å². The third-order valence-corrected chi connectivity index (χ3v) is 6.52. The van der Waals surface area contributed by atoms with Crippen LogP contribution in [0, 0.1) is 0 Å². The van der Waals surface area contributed by atoms with Crippen LogP contribution in [0.25, 0.3) is 0 Å². The summed E-state index contributed by atoms with van der Waals surface area (Å²) >= 11 is 8.81. The summed E-state index contributed by atoms with van der Waals surface area (Å²) in [5.74, 6) is 0. The van der Waals surface area contributed by atoms with Crippen molar-refractivity contribution in [2.24, 2.45) is 0 Å². The zero-order valence-electron chi connectivity index (χ0n) is 9.80. The van der Waals surface area contributed by atoms with Gasteiger partial charge in [-0.15, -0.1) is 11.3 Å². The maximum absolute atomic E-state index is 3.53. The Morgan fingerprint density at radius 3 is 2.72 bits per heavy atom. The average molecular weight is 387 g/mol. The molecule has 1 heterocycles. The molecule has 94 valence electrons. The molecule has 1 aromatic heterocycles. The summed E-state index contributed by atoms with van der Waals surface area (Å²) < 4.78 is 2.30. The van der Waals surface area contributed by atoms with Crippen LogP contribution in [-0.4, -0.2) is 0 Å². The largest absolute Gasteiger partial charge is 0.380 e. The van der Waals surface area contributed by atoms with Gasteiger partial charge in [0.1, 0.15) is 0 Å². The van der Waals surface area contributed by atoms with Crippen LogP contribution in [0.2, 0.25) is 0 Å². The fraction of sp³-hybridized carbons (Fsp3) is 0.286. The second-order valence-corrected chi connectivity index (χ2v) is 7.83. The van der Waals surface area contributed by atoms with Crippen LogP contribution in [-0.2, 0) is 19.4 Å². The minimum Gasteiger partial charge on any atom is -0.380 e. The Bertz CT molecular complexity index is 558. The van der Waals surface area contributed by atoms with Crippen molar-refractivity contribution in [1.29, 1.82) is 0 Å². The molecule has 1 aliphatic carbocycles. The second-order valence-electron chi connectivity index (χ2n) is 4.52. The Hall–Kier alpha value is -0.320. The topological polar surface area (TPSA) is 12.0 Å². The molecule has 0 aliphatic heterocycles. The van der Waals surface area contributed by atoms with Gasteiger partial charge in [-0.2, -0.15) is 0 Å². The van der Waals surface area contributed by atoms with E-state index in [1.54, 1.807) is 11.3 Å². The van der Waals surface area contributed by atoms with Crippen LogP contribution in [0.1, 0.15) is 22.4 Å². The maximum atomic E-state index is 3.53. The predicted molar refractivity (Wildman–Crippen MR) is 85.5 cm³/mol. The summed E-state index contributed by atoms with van der Waals surface area (Å²) in [5.41, 5.74) is 4.28. The predicted octanol–water partition coefficient (Wildman–Crippen LogP) is 5.37. The van der Waals surface area contributed by atoms with Gasteiger partial charge < -0.3 is 5.32 Å². The summed E-state index contributed by atoms with van der Waals surface area (Å²) in [6.45, 7) is 0.883. The molecular formula is C14H13Br2NS. The molecule has 0 amide bonds. The van der Waals surface area contributed by atoms with E-state index in [0.29, 0.717) is 0 Å². The average Bonchev–Trinajstić information content (AvgIpc) is 2.94. The summed E-state index contributed by atoms with van der Waals surface area (Å²) in [5, 5.41) is 3.50. The number of fused-ring (bicyclic) bond motifs is 1. The SMILES string of the molecule is Brc1cc(CNc2ccc3c(c2)CCC3)sc1Br. The Balaban J connectivity index is 1.70. The highest BCUT2D eigenvalue weighted by atomic mass is 79.9. The number of rotatable bonds is 3. The minimum atomic E-state index is 0.883. The first kappa shape index (κ1) is 12.7. The fourth-order valence-electron chi connectivity index (χ4n) is 2.35. The Morgan fingerprint density at radius 1 is 1.11 bits per heavy atom. The molecule has 1 N–H and O–H groups in total. The van der Waals surface area contributed by atoms with E-state index in [1.807, 2.05) is 0 Å². The minimum absolute atomic E-state index is 0.883. The zero-order chi connectivity index (χ0) is 12.5. The normalized spacial score (nSPS) is 13.7. The fourth-order valence-corrected chi connectivity index (χ4v) is 4.47. The molecule has 1 aliphatic rings. The first-order valence-corrected chi connectivity index (χ1v) is 8.42. The maximum Gasteiger partial charge on any atom is 0.0843 e. The van der Waals surface area contributed by atoms with E-state index in [4.69, 9.17) is 0 Å². The third kappa shape index (κ3) is 2.65. The van der Waals surface area contributed by atoms with Gasteiger partial charge in [0.15, 0.2) is 0 Å². The summed E-state index contributed by atoms with van der Waals surface area (Å²) in [6, 6.07) is 8.93. The van der Waals surface area contributed by atoms with Gasteiger partial charge in [-0.3, -0.25) is 0 Å². The monoisotopic (exact) mass is 385 g/mol. The highest BCUT2D eigenvalue weighted by molar-refractivity contribution is 9.13. The van der Waals surface area contributed by atoms with Crippen LogP contribution in [0.5, 0.6) is 0 Å². The lowest BCUT2D eigenvalue weighted by molar-refractivity contribution is 0.912. The Morgan fingerprint density at radius 2 is 1.94 bits per heavy atom. The van der Waals surface area contributed by atoms with Gasteiger partial charge in [0.25, 0.3) is 0 Å². The molecule has 0 saturated carbocycles.